The molecule has 7 nitrogen and oxygen atoms in total. The molecule has 0 unspecified atom stereocenters. The van der Waals surface area contributed by atoms with Crippen LogP contribution in [0.2, 0.25) is 0 Å². The summed E-state index contributed by atoms with van der Waals surface area (Å²) in [5.74, 6) is -0.394. The number of aliphatic imine (C=N–C) groups is 1. The van der Waals surface area contributed by atoms with Crippen LogP contribution in [0, 0.1) is 0 Å². The third kappa shape index (κ3) is 3.32. The van der Waals surface area contributed by atoms with Gasteiger partial charge in [0.15, 0.2) is 0 Å². The van der Waals surface area contributed by atoms with Crippen LogP contribution in [-0.4, -0.2) is 34.2 Å². The van der Waals surface area contributed by atoms with Gasteiger partial charge in [0, 0.05) is 24.5 Å². The topological polar surface area (TPSA) is 85.8 Å². The van der Waals surface area contributed by atoms with E-state index in [1.54, 1.807) is 42.6 Å². The largest absolute Gasteiger partial charge is 0.494 e. The Balaban J connectivity index is 1.97. The Morgan fingerprint density at radius 2 is 1.79 bits per heavy atom. The second kappa shape index (κ2) is 7.73. The van der Waals surface area contributed by atoms with Crippen LogP contribution < -0.4 is 11.2 Å². The van der Waals surface area contributed by atoms with Gasteiger partial charge in [0.2, 0.25) is 5.88 Å². The third-order valence-electron chi connectivity index (χ3n) is 4.74. The normalized spacial score (nSPS) is 13.8. The first-order valence-electron chi connectivity index (χ1n) is 9.10. The molecule has 1 aromatic heterocycles. The zero-order chi connectivity index (χ0) is 20.4. The van der Waals surface area contributed by atoms with Crippen molar-refractivity contribution < 1.29 is 9.84 Å². The number of allylic oxidation sites excluding steroid dienone is 1. The number of rotatable bonds is 5. The zero-order valence-electron chi connectivity index (χ0n) is 15.8. The minimum Gasteiger partial charge on any atom is -0.494 e. The highest BCUT2D eigenvalue weighted by atomic mass is 16.5. The molecule has 0 bridgehead atoms. The summed E-state index contributed by atoms with van der Waals surface area (Å²) >= 11 is 0. The Labute approximate surface area is 166 Å². The monoisotopic (exact) mass is 389 g/mol. The summed E-state index contributed by atoms with van der Waals surface area (Å²) in [6, 6.07) is 16.1. The van der Waals surface area contributed by atoms with Gasteiger partial charge >= 0.3 is 5.69 Å². The number of benzene rings is 2. The van der Waals surface area contributed by atoms with Crippen molar-refractivity contribution in [2.45, 2.75) is 6.54 Å². The maximum Gasteiger partial charge on any atom is 0.338 e. The fourth-order valence-corrected chi connectivity index (χ4v) is 3.28. The molecule has 0 spiro atoms. The van der Waals surface area contributed by atoms with Crippen molar-refractivity contribution in [2.24, 2.45) is 4.99 Å². The number of hydrogen-bond donors (Lipinski definition) is 1. The van der Waals surface area contributed by atoms with Crippen molar-refractivity contribution in [3.8, 4) is 11.6 Å². The van der Waals surface area contributed by atoms with E-state index < -0.39 is 17.1 Å². The second-order valence-corrected chi connectivity index (χ2v) is 6.52. The minimum absolute atomic E-state index is 0.0164. The average Bonchev–Trinajstić information content (AvgIpc) is 3.15. The lowest BCUT2D eigenvalue weighted by Crippen LogP contribution is -2.40. The maximum atomic E-state index is 13.2. The highest BCUT2D eigenvalue weighted by Crippen LogP contribution is 2.32. The number of aromatic nitrogens is 2. The molecule has 0 saturated carbocycles. The number of nitrogens with zero attached hydrogens (tertiary/aromatic N) is 3. The van der Waals surface area contributed by atoms with E-state index in [2.05, 4.69) is 4.99 Å². The highest BCUT2D eigenvalue weighted by Gasteiger charge is 2.20. The molecule has 0 saturated heterocycles. The zero-order valence-corrected chi connectivity index (χ0v) is 15.8. The molecule has 4 rings (SSSR count). The summed E-state index contributed by atoms with van der Waals surface area (Å²) in [7, 11) is 1.50. The summed E-state index contributed by atoms with van der Waals surface area (Å²) in [4.78, 5) is 30.5. The van der Waals surface area contributed by atoms with Crippen molar-refractivity contribution in [3.63, 3.8) is 0 Å². The predicted octanol–water partition coefficient (Wildman–Crippen LogP) is 2.61. The summed E-state index contributed by atoms with van der Waals surface area (Å²) in [6.45, 7) is 0.315. The molecule has 0 atom stereocenters. The van der Waals surface area contributed by atoms with E-state index in [1.165, 1.54) is 7.11 Å². The Morgan fingerprint density at radius 1 is 1.07 bits per heavy atom. The van der Waals surface area contributed by atoms with Crippen LogP contribution in [-0.2, 0) is 11.3 Å². The molecular formula is C22H19N3O4. The molecule has 2 heterocycles. The molecule has 0 aliphatic carbocycles. The predicted molar refractivity (Wildman–Crippen MR) is 112 cm³/mol. The maximum absolute atomic E-state index is 13.2. The lowest BCUT2D eigenvalue weighted by atomic mass is 10.1. The van der Waals surface area contributed by atoms with Gasteiger partial charge in [0.25, 0.3) is 5.56 Å². The van der Waals surface area contributed by atoms with Gasteiger partial charge in [-0.25, -0.2) is 9.36 Å². The van der Waals surface area contributed by atoms with E-state index in [0.29, 0.717) is 11.3 Å². The first-order chi connectivity index (χ1) is 14.1. The lowest BCUT2D eigenvalue weighted by Gasteiger charge is -2.14. The summed E-state index contributed by atoms with van der Waals surface area (Å²) in [5, 5.41) is 10.8. The minimum atomic E-state index is -0.626. The standard InChI is InChI=1S/C22H19N3O4/c1-29-12-11-24-20(26)18(13-15-14-23-19-10-6-5-9-17(15)19)21(27)25(22(24)28)16-7-3-2-4-8-16/h2-10,13-14,26H,11-12H2,1H3. The van der Waals surface area contributed by atoms with E-state index in [0.717, 1.165) is 20.4 Å². The number of methoxy groups -OCH3 is 1. The quantitative estimate of drug-likeness (QED) is 0.727. The average molecular weight is 389 g/mol. The Kier molecular flexibility index (Phi) is 4.97. The van der Waals surface area contributed by atoms with Crippen LogP contribution in [0.1, 0.15) is 11.1 Å². The smallest absolute Gasteiger partial charge is 0.338 e. The molecule has 3 aromatic rings. The van der Waals surface area contributed by atoms with Gasteiger partial charge in [-0.15, -0.1) is 0 Å². The molecule has 2 aromatic carbocycles. The van der Waals surface area contributed by atoms with Crippen molar-refractivity contribution in [1.82, 2.24) is 9.13 Å². The molecule has 0 radical (unpaired) electrons. The number of ether oxygens (including phenoxy) is 1. The first-order valence-corrected chi connectivity index (χ1v) is 9.10. The van der Waals surface area contributed by atoms with Crippen molar-refractivity contribution in [3.05, 3.63) is 86.6 Å². The van der Waals surface area contributed by atoms with Crippen LogP contribution in [0.3, 0.4) is 0 Å². The fraction of sp³-hybridized carbons (Fsp3) is 0.136. The number of aromatic hydroxyl groups is 1. The van der Waals surface area contributed by atoms with Crippen molar-refractivity contribution in [2.75, 3.05) is 13.7 Å². The van der Waals surface area contributed by atoms with Crippen LogP contribution in [0.5, 0.6) is 5.88 Å². The molecule has 1 aliphatic heterocycles. The molecule has 0 amide bonds. The first kappa shape index (κ1) is 18.6. The number of hydrogen-bond acceptors (Lipinski definition) is 5. The van der Waals surface area contributed by atoms with Crippen LogP contribution >= 0.6 is 0 Å². The molecule has 0 fully saturated rings. The van der Waals surface area contributed by atoms with E-state index in [1.807, 2.05) is 24.3 Å². The van der Waals surface area contributed by atoms with Crippen molar-refractivity contribution >= 4 is 23.6 Å². The number of fused-ring (bicyclic) bond motifs is 1. The van der Waals surface area contributed by atoms with E-state index in [-0.39, 0.29) is 18.7 Å². The Morgan fingerprint density at radius 3 is 2.55 bits per heavy atom. The van der Waals surface area contributed by atoms with Gasteiger partial charge < -0.3 is 9.84 Å². The number of para-hydroxylation sites is 2. The third-order valence-corrected chi connectivity index (χ3v) is 4.74. The van der Waals surface area contributed by atoms with Gasteiger partial charge in [-0.2, -0.15) is 0 Å². The summed E-state index contributed by atoms with van der Waals surface area (Å²) in [6.07, 6.45) is 3.20. The summed E-state index contributed by atoms with van der Waals surface area (Å²) in [5.41, 5.74) is 1.54. The van der Waals surface area contributed by atoms with Crippen LogP contribution in [0.25, 0.3) is 17.3 Å². The van der Waals surface area contributed by atoms with E-state index in [9.17, 15) is 14.7 Å². The van der Waals surface area contributed by atoms with Gasteiger partial charge in [0.05, 0.1) is 24.5 Å². The van der Waals surface area contributed by atoms with Gasteiger partial charge in [-0.1, -0.05) is 36.4 Å². The lowest BCUT2D eigenvalue weighted by molar-refractivity contribution is 0.181. The summed E-state index contributed by atoms with van der Waals surface area (Å²) < 4.78 is 7.25. The molecule has 146 valence electrons. The van der Waals surface area contributed by atoms with E-state index >= 15 is 0 Å². The van der Waals surface area contributed by atoms with E-state index in [4.69, 9.17) is 4.74 Å². The fourth-order valence-electron chi connectivity index (χ4n) is 3.28. The molecule has 7 heteroatoms. The van der Waals surface area contributed by atoms with Gasteiger partial charge in [-0.05, 0) is 24.3 Å². The molecule has 29 heavy (non-hydrogen) atoms. The van der Waals surface area contributed by atoms with Gasteiger partial charge in [0.1, 0.15) is 5.56 Å². The highest BCUT2D eigenvalue weighted by molar-refractivity contribution is 6.21. The Hall–Kier alpha value is -3.71. The second-order valence-electron chi connectivity index (χ2n) is 6.52. The van der Waals surface area contributed by atoms with Crippen LogP contribution in [0.4, 0.5) is 5.69 Å². The molecular weight excluding hydrogens is 370 g/mol. The Bertz CT molecular complexity index is 1240. The molecule has 1 N–H and O–H groups in total. The van der Waals surface area contributed by atoms with Crippen molar-refractivity contribution in [1.29, 1.82) is 0 Å². The SMILES string of the molecule is COCCn1c(O)c(C=C2C=Nc3ccccc32)c(=O)n(-c2ccccc2)c1=O. The van der Waals surface area contributed by atoms with Crippen LogP contribution in [0.15, 0.2) is 69.2 Å². The molecule has 1 aliphatic rings. The van der Waals surface area contributed by atoms with Gasteiger partial charge in [-0.3, -0.25) is 14.4 Å².